The third kappa shape index (κ3) is 1.72. The molecular weight excluding hydrogens is 236 g/mol. The van der Waals surface area contributed by atoms with E-state index in [1.807, 2.05) is 25.1 Å². The standard InChI is InChI=1S/C11H10N4OS/c1-6-4-9(15-14-6)16-7-2-3-8-11(10(7)12)13-5-17-8/h2-5H,12H2,1H3,(H,14,15). The van der Waals surface area contributed by atoms with Gasteiger partial charge in [-0.1, -0.05) is 0 Å². The van der Waals surface area contributed by atoms with Gasteiger partial charge in [0, 0.05) is 11.8 Å². The minimum absolute atomic E-state index is 0.503. The summed E-state index contributed by atoms with van der Waals surface area (Å²) in [5.41, 5.74) is 10.0. The van der Waals surface area contributed by atoms with Crippen molar-refractivity contribution < 1.29 is 4.74 Å². The molecule has 0 atom stereocenters. The molecule has 0 aliphatic heterocycles. The van der Waals surface area contributed by atoms with E-state index in [0.717, 1.165) is 15.9 Å². The van der Waals surface area contributed by atoms with Gasteiger partial charge in [-0.25, -0.2) is 4.98 Å². The quantitative estimate of drug-likeness (QED) is 0.681. The first kappa shape index (κ1) is 10.1. The van der Waals surface area contributed by atoms with E-state index in [4.69, 9.17) is 10.5 Å². The third-order valence-electron chi connectivity index (χ3n) is 2.40. The van der Waals surface area contributed by atoms with E-state index in [0.29, 0.717) is 17.3 Å². The van der Waals surface area contributed by atoms with Crippen molar-refractivity contribution in [2.24, 2.45) is 0 Å². The molecule has 3 N–H and O–H groups in total. The lowest BCUT2D eigenvalue weighted by Crippen LogP contribution is -1.93. The highest BCUT2D eigenvalue weighted by Gasteiger charge is 2.09. The van der Waals surface area contributed by atoms with E-state index in [1.54, 1.807) is 16.8 Å². The molecule has 2 heterocycles. The predicted octanol–water partition coefficient (Wildman–Crippen LogP) is 2.70. The zero-order chi connectivity index (χ0) is 11.8. The topological polar surface area (TPSA) is 76.8 Å². The van der Waals surface area contributed by atoms with Gasteiger partial charge in [0.25, 0.3) is 0 Å². The van der Waals surface area contributed by atoms with Crippen LogP contribution in [0, 0.1) is 6.92 Å². The number of fused-ring (bicyclic) bond motifs is 1. The molecular formula is C11H10N4OS. The fourth-order valence-corrected chi connectivity index (χ4v) is 2.27. The van der Waals surface area contributed by atoms with Gasteiger partial charge < -0.3 is 10.5 Å². The molecule has 86 valence electrons. The van der Waals surface area contributed by atoms with Gasteiger partial charge in [0.15, 0.2) is 5.75 Å². The van der Waals surface area contributed by atoms with Gasteiger partial charge in [-0.15, -0.1) is 16.4 Å². The first-order valence-corrected chi connectivity index (χ1v) is 5.93. The molecule has 0 radical (unpaired) electrons. The zero-order valence-corrected chi connectivity index (χ0v) is 9.91. The molecule has 0 fully saturated rings. The van der Waals surface area contributed by atoms with Crippen LogP contribution in [0.4, 0.5) is 5.69 Å². The van der Waals surface area contributed by atoms with Crippen LogP contribution in [-0.4, -0.2) is 15.2 Å². The summed E-state index contributed by atoms with van der Waals surface area (Å²) in [6.45, 7) is 1.91. The second-order valence-electron chi connectivity index (χ2n) is 3.67. The molecule has 17 heavy (non-hydrogen) atoms. The number of nitrogens with two attached hydrogens (primary N) is 1. The van der Waals surface area contributed by atoms with Crippen LogP contribution in [0.2, 0.25) is 0 Å². The number of thiazole rings is 1. The highest BCUT2D eigenvalue weighted by molar-refractivity contribution is 7.16. The molecule has 3 rings (SSSR count). The van der Waals surface area contributed by atoms with Gasteiger partial charge in [0.05, 0.1) is 10.2 Å². The summed E-state index contributed by atoms with van der Waals surface area (Å²) in [5.74, 6) is 1.08. The molecule has 0 unspecified atom stereocenters. The predicted molar refractivity (Wildman–Crippen MR) is 67.4 cm³/mol. The zero-order valence-electron chi connectivity index (χ0n) is 9.10. The minimum Gasteiger partial charge on any atom is -0.435 e. The fraction of sp³-hybridized carbons (Fsp3) is 0.0909. The molecule has 3 aromatic rings. The van der Waals surface area contributed by atoms with Crippen LogP contribution in [0.15, 0.2) is 23.7 Å². The summed E-state index contributed by atoms with van der Waals surface area (Å²) in [4.78, 5) is 4.21. The number of anilines is 1. The van der Waals surface area contributed by atoms with Crippen LogP contribution in [0.3, 0.4) is 0 Å². The van der Waals surface area contributed by atoms with Gasteiger partial charge >= 0.3 is 0 Å². The van der Waals surface area contributed by atoms with Crippen LogP contribution in [-0.2, 0) is 0 Å². The maximum Gasteiger partial charge on any atom is 0.238 e. The van der Waals surface area contributed by atoms with Gasteiger partial charge in [0.2, 0.25) is 5.88 Å². The lowest BCUT2D eigenvalue weighted by atomic mass is 10.2. The van der Waals surface area contributed by atoms with Crippen molar-refractivity contribution in [1.82, 2.24) is 15.2 Å². The second-order valence-corrected chi connectivity index (χ2v) is 4.55. The first-order valence-electron chi connectivity index (χ1n) is 5.05. The van der Waals surface area contributed by atoms with E-state index in [9.17, 15) is 0 Å². The summed E-state index contributed by atoms with van der Waals surface area (Å²) in [7, 11) is 0. The molecule has 5 nitrogen and oxygen atoms in total. The SMILES string of the molecule is Cc1cc(Oc2ccc3scnc3c2N)n[nH]1. The molecule has 0 amide bonds. The number of ether oxygens (including phenoxy) is 1. The average molecular weight is 246 g/mol. The van der Waals surface area contributed by atoms with Crippen molar-refractivity contribution >= 4 is 27.2 Å². The Morgan fingerprint density at radius 2 is 2.29 bits per heavy atom. The molecule has 0 aliphatic rings. The Bertz CT molecular complexity index is 673. The summed E-state index contributed by atoms with van der Waals surface area (Å²) < 4.78 is 6.65. The van der Waals surface area contributed by atoms with E-state index in [-0.39, 0.29) is 0 Å². The second kappa shape index (κ2) is 3.74. The number of aromatic nitrogens is 3. The Morgan fingerprint density at radius 3 is 3.06 bits per heavy atom. The summed E-state index contributed by atoms with van der Waals surface area (Å²) >= 11 is 1.55. The number of rotatable bonds is 2. The van der Waals surface area contributed by atoms with Crippen LogP contribution < -0.4 is 10.5 Å². The molecule has 0 saturated carbocycles. The highest BCUT2D eigenvalue weighted by Crippen LogP contribution is 2.33. The van der Waals surface area contributed by atoms with Crippen molar-refractivity contribution in [2.45, 2.75) is 6.92 Å². The molecule has 2 aromatic heterocycles. The maximum atomic E-state index is 6.00. The van der Waals surface area contributed by atoms with E-state index < -0.39 is 0 Å². The molecule has 0 saturated heterocycles. The van der Waals surface area contributed by atoms with Gasteiger partial charge in [0.1, 0.15) is 11.2 Å². The summed E-state index contributed by atoms with van der Waals surface area (Å²) in [6, 6.07) is 5.59. The summed E-state index contributed by atoms with van der Waals surface area (Å²) in [5, 5.41) is 6.81. The summed E-state index contributed by atoms with van der Waals surface area (Å²) in [6.07, 6.45) is 0. The molecule has 0 aliphatic carbocycles. The van der Waals surface area contributed by atoms with Crippen LogP contribution in [0.1, 0.15) is 5.69 Å². The largest absolute Gasteiger partial charge is 0.435 e. The number of aromatic amines is 1. The van der Waals surface area contributed by atoms with E-state index in [2.05, 4.69) is 15.2 Å². The van der Waals surface area contributed by atoms with Gasteiger partial charge in [-0.3, -0.25) is 5.10 Å². The molecule has 0 spiro atoms. The van der Waals surface area contributed by atoms with Crippen molar-refractivity contribution in [3.05, 3.63) is 29.4 Å². The number of nitrogen functional groups attached to an aromatic ring is 1. The van der Waals surface area contributed by atoms with Gasteiger partial charge in [-0.2, -0.15) is 0 Å². The number of hydrogen-bond donors (Lipinski definition) is 2. The number of aryl methyl sites for hydroxylation is 1. The Hall–Kier alpha value is -2.08. The minimum atomic E-state index is 0.503. The average Bonchev–Trinajstić information content (AvgIpc) is 2.92. The van der Waals surface area contributed by atoms with Crippen LogP contribution in [0.25, 0.3) is 10.2 Å². The van der Waals surface area contributed by atoms with Gasteiger partial charge in [-0.05, 0) is 19.1 Å². The van der Waals surface area contributed by atoms with Crippen LogP contribution >= 0.6 is 11.3 Å². The molecule has 1 aromatic carbocycles. The number of H-pyrrole nitrogens is 1. The normalized spacial score (nSPS) is 10.9. The van der Waals surface area contributed by atoms with Crippen molar-refractivity contribution in [3.63, 3.8) is 0 Å². The Balaban J connectivity index is 2.02. The maximum absolute atomic E-state index is 6.00. The number of hydrogen-bond acceptors (Lipinski definition) is 5. The molecule has 0 bridgehead atoms. The van der Waals surface area contributed by atoms with E-state index in [1.165, 1.54) is 0 Å². The molecule has 6 heteroatoms. The first-order chi connectivity index (χ1) is 8.24. The number of nitrogens with one attached hydrogen (secondary N) is 1. The Kier molecular flexibility index (Phi) is 2.22. The lowest BCUT2D eigenvalue weighted by molar-refractivity contribution is 0.464. The van der Waals surface area contributed by atoms with E-state index >= 15 is 0 Å². The smallest absolute Gasteiger partial charge is 0.238 e. The van der Waals surface area contributed by atoms with Crippen molar-refractivity contribution in [1.29, 1.82) is 0 Å². The lowest BCUT2D eigenvalue weighted by Gasteiger charge is -2.05. The van der Waals surface area contributed by atoms with Crippen molar-refractivity contribution in [2.75, 3.05) is 5.73 Å². The number of benzene rings is 1. The Morgan fingerprint density at radius 1 is 1.41 bits per heavy atom. The monoisotopic (exact) mass is 246 g/mol. The fourth-order valence-electron chi connectivity index (χ4n) is 1.58. The third-order valence-corrected chi connectivity index (χ3v) is 3.19. The highest BCUT2D eigenvalue weighted by atomic mass is 32.1. The van der Waals surface area contributed by atoms with Crippen molar-refractivity contribution in [3.8, 4) is 11.6 Å². The Labute approximate surface area is 101 Å². The number of nitrogens with zero attached hydrogens (tertiary/aromatic N) is 2. The van der Waals surface area contributed by atoms with Crippen LogP contribution in [0.5, 0.6) is 11.6 Å².